The Morgan fingerprint density at radius 1 is 1.10 bits per heavy atom. The molecule has 0 saturated carbocycles. The molecule has 5 nitrogen and oxygen atoms in total. The zero-order valence-electron chi connectivity index (χ0n) is 16.6. The van der Waals surface area contributed by atoms with Gasteiger partial charge >= 0.3 is 5.97 Å². The second-order valence-electron chi connectivity index (χ2n) is 6.85. The normalized spacial score (nSPS) is 10.9. The summed E-state index contributed by atoms with van der Waals surface area (Å²) >= 11 is 3.41. The minimum absolute atomic E-state index is 0.0467. The number of hydrogen-bond donors (Lipinski definition) is 1. The Labute approximate surface area is 177 Å². The lowest BCUT2D eigenvalue weighted by Crippen LogP contribution is -2.09. The number of Topliss-reactive ketones (excluding diaryl/α,β-unsaturated/α-hetero) is 1. The van der Waals surface area contributed by atoms with Crippen LogP contribution in [0.1, 0.15) is 41.4 Å². The summed E-state index contributed by atoms with van der Waals surface area (Å²) in [6, 6.07) is 11.9. The number of benzene rings is 2. The Morgan fingerprint density at radius 2 is 1.79 bits per heavy atom. The number of ether oxygens (including phenoxy) is 1. The van der Waals surface area contributed by atoms with Gasteiger partial charge in [-0.25, -0.2) is 4.98 Å². The zero-order chi connectivity index (χ0) is 21.1. The predicted octanol–water partition coefficient (Wildman–Crippen LogP) is 5.51. The Morgan fingerprint density at radius 3 is 2.45 bits per heavy atom. The Bertz CT molecular complexity index is 1090. The first-order valence-electron chi connectivity index (χ1n) is 9.41. The van der Waals surface area contributed by atoms with Gasteiger partial charge in [0.2, 0.25) is 0 Å². The number of ketones is 1. The number of pyridine rings is 1. The van der Waals surface area contributed by atoms with Crippen molar-refractivity contribution in [1.29, 1.82) is 0 Å². The van der Waals surface area contributed by atoms with Crippen molar-refractivity contribution in [1.82, 2.24) is 4.98 Å². The fraction of sp³-hybridized carbons (Fsp3) is 0.261. The van der Waals surface area contributed by atoms with Crippen LogP contribution in [0.2, 0.25) is 0 Å². The van der Waals surface area contributed by atoms with Crippen LogP contribution in [-0.4, -0.2) is 28.4 Å². The summed E-state index contributed by atoms with van der Waals surface area (Å²) in [6.07, 6.45) is -0.118. The first-order valence-corrected chi connectivity index (χ1v) is 10.2. The number of carbonyl (C=O) groups excluding carboxylic acids is 2. The van der Waals surface area contributed by atoms with Crippen molar-refractivity contribution in [2.24, 2.45) is 0 Å². The summed E-state index contributed by atoms with van der Waals surface area (Å²) in [7, 11) is 0. The number of nitrogens with zero attached hydrogens (tertiary/aromatic N) is 1. The van der Waals surface area contributed by atoms with E-state index in [-0.39, 0.29) is 30.9 Å². The lowest BCUT2D eigenvalue weighted by molar-refractivity contribution is -0.143. The molecule has 1 heterocycles. The molecular formula is C23H22BrNO4. The maximum atomic E-state index is 12.5. The van der Waals surface area contributed by atoms with Crippen LogP contribution in [0.3, 0.4) is 0 Å². The van der Waals surface area contributed by atoms with Crippen LogP contribution >= 0.6 is 15.9 Å². The summed E-state index contributed by atoms with van der Waals surface area (Å²) in [6.45, 7) is 6.09. The van der Waals surface area contributed by atoms with E-state index in [2.05, 4.69) is 46.9 Å². The molecule has 2 aromatic carbocycles. The number of esters is 1. The molecule has 0 spiro atoms. The smallest absolute Gasteiger partial charge is 0.306 e. The number of aryl methyl sites for hydroxylation is 2. The second kappa shape index (κ2) is 8.74. The van der Waals surface area contributed by atoms with Crippen molar-refractivity contribution in [2.45, 2.75) is 33.6 Å². The summed E-state index contributed by atoms with van der Waals surface area (Å²) in [5.41, 5.74) is 5.00. The number of fused-ring (bicyclic) bond motifs is 1. The molecule has 3 aromatic rings. The molecule has 0 radical (unpaired) electrons. The quantitative estimate of drug-likeness (QED) is 0.391. The van der Waals surface area contributed by atoms with Crippen molar-refractivity contribution in [3.05, 3.63) is 57.7 Å². The van der Waals surface area contributed by atoms with E-state index in [0.717, 1.165) is 22.3 Å². The first kappa shape index (κ1) is 21.0. The highest BCUT2D eigenvalue weighted by Gasteiger charge is 2.20. The average molecular weight is 456 g/mol. The van der Waals surface area contributed by atoms with Crippen LogP contribution in [-0.2, 0) is 9.53 Å². The Balaban J connectivity index is 2.00. The number of aromatic nitrogens is 1. The van der Waals surface area contributed by atoms with Gasteiger partial charge in [-0.2, -0.15) is 0 Å². The summed E-state index contributed by atoms with van der Waals surface area (Å²) in [5.74, 6) is -1.07. The van der Waals surface area contributed by atoms with E-state index < -0.39 is 11.8 Å². The van der Waals surface area contributed by atoms with E-state index in [4.69, 9.17) is 4.74 Å². The molecule has 3 rings (SSSR count). The SMILES string of the molecule is CCOC(=O)CCC(=O)c1nc2ccc(-c3c(C)cccc3C)cc2c(Br)c1O. The second-order valence-corrected chi connectivity index (χ2v) is 7.64. The highest BCUT2D eigenvalue weighted by atomic mass is 79.9. The van der Waals surface area contributed by atoms with Gasteiger partial charge in [-0.05, 0) is 71.1 Å². The van der Waals surface area contributed by atoms with E-state index >= 15 is 0 Å². The van der Waals surface area contributed by atoms with Crippen molar-refractivity contribution in [3.8, 4) is 16.9 Å². The van der Waals surface area contributed by atoms with Gasteiger partial charge in [0.15, 0.2) is 11.5 Å². The zero-order valence-corrected chi connectivity index (χ0v) is 18.2. The van der Waals surface area contributed by atoms with Crippen molar-refractivity contribution in [2.75, 3.05) is 6.61 Å². The van der Waals surface area contributed by atoms with Gasteiger partial charge in [-0.15, -0.1) is 0 Å². The number of rotatable bonds is 6. The molecule has 0 bridgehead atoms. The van der Waals surface area contributed by atoms with Gasteiger partial charge in [-0.1, -0.05) is 24.3 Å². The molecule has 150 valence electrons. The van der Waals surface area contributed by atoms with E-state index in [9.17, 15) is 14.7 Å². The fourth-order valence-electron chi connectivity index (χ4n) is 3.40. The highest BCUT2D eigenvalue weighted by molar-refractivity contribution is 9.10. The standard InChI is InChI=1S/C23H22BrNO4/c1-4-29-19(27)11-10-18(26)22-23(28)21(24)16-12-15(8-9-17(16)25-22)20-13(2)6-5-7-14(20)3/h5-9,12,28H,4,10-11H2,1-3H3. The van der Waals surface area contributed by atoms with Gasteiger partial charge in [0.25, 0.3) is 0 Å². The van der Waals surface area contributed by atoms with E-state index in [1.54, 1.807) is 6.92 Å². The highest BCUT2D eigenvalue weighted by Crippen LogP contribution is 2.37. The van der Waals surface area contributed by atoms with Crippen LogP contribution < -0.4 is 0 Å². The van der Waals surface area contributed by atoms with Crippen LogP contribution in [0, 0.1) is 13.8 Å². The summed E-state index contributed by atoms with van der Waals surface area (Å²) in [5, 5.41) is 11.3. The monoisotopic (exact) mass is 455 g/mol. The molecule has 0 aliphatic rings. The molecule has 0 saturated heterocycles. The molecular weight excluding hydrogens is 434 g/mol. The third-order valence-corrected chi connectivity index (χ3v) is 5.60. The number of hydrogen-bond acceptors (Lipinski definition) is 5. The van der Waals surface area contributed by atoms with Crippen LogP contribution in [0.4, 0.5) is 0 Å². The number of halogens is 1. The third-order valence-electron chi connectivity index (χ3n) is 4.79. The van der Waals surface area contributed by atoms with E-state index in [0.29, 0.717) is 15.4 Å². The molecule has 0 unspecified atom stereocenters. The molecule has 0 fully saturated rings. The molecule has 0 aliphatic carbocycles. The van der Waals surface area contributed by atoms with Gasteiger partial charge in [0, 0.05) is 11.8 Å². The maximum absolute atomic E-state index is 12.5. The largest absolute Gasteiger partial charge is 0.504 e. The minimum Gasteiger partial charge on any atom is -0.504 e. The average Bonchev–Trinajstić information content (AvgIpc) is 2.69. The van der Waals surface area contributed by atoms with Gasteiger partial charge in [0.1, 0.15) is 5.69 Å². The van der Waals surface area contributed by atoms with Gasteiger partial charge < -0.3 is 9.84 Å². The van der Waals surface area contributed by atoms with E-state index in [1.165, 1.54) is 0 Å². The Hall–Kier alpha value is -2.73. The maximum Gasteiger partial charge on any atom is 0.306 e. The topological polar surface area (TPSA) is 76.5 Å². The third kappa shape index (κ3) is 4.32. The van der Waals surface area contributed by atoms with Gasteiger partial charge in [0.05, 0.1) is 23.0 Å². The molecule has 6 heteroatoms. The molecule has 0 atom stereocenters. The Kier molecular flexibility index (Phi) is 6.33. The number of carbonyl (C=O) groups is 2. The number of aromatic hydroxyl groups is 1. The molecule has 1 N–H and O–H groups in total. The first-order chi connectivity index (χ1) is 13.8. The van der Waals surface area contributed by atoms with Crippen LogP contribution in [0.25, 0.3) is 22.0 Å². The van der Waals surface area contributed by atoms with Crippen molar-refractivity contribution in [3.63, 3.8) is 0 Å². The van der Waals surface area contributed by atoms with Gasteiger partial charge in [-0.3, -0.25) is 9.59 Å². The molecule has 29 heavy (non-hydrogen) atoms. The minimum atomic E-state index is -0.446. The summed E-state index contributed by atoms with van der Waals surface area (Å²) in [4.78, 5) is 28.4. The van der Waals surface area contributed by atoms with E-state index in [1.807, 2.05) is 24.3 Å². The lowest BCUT2D eigenvalue weighted by Gasteiger charge is -2.13. The lowest BCUT2D eigenvalue weighted by atomic mass is 9.94. The van der Waals surface area contributed by atoms with Crippen molar-refractivity contribution >= 4 is 38.6 Å². The molecule has 1 aromatic heterocycles. The van der Waals surface area contributed by atoms with Crippen LogP contribution in [0.15, 0.2) is 40.9 Å². The predicted molar refractivity (Wildman–Crippen MR) is 116 cm³/mol. The fourth-order valence-corrected chi connectivity index (χ4v) is 3.91. The molecule has 0 aliphatic heterocycles. The molecule has 0 amide bonds. The summed E-state index contributed by atoms with van der Waals surface area (Å²) < 4.78 is 5.26. The van der Waals surface area contributed by atoms with Crippen molar-refractivity contribution < 1.29 is 19.4 Å². The van der Waals surface area contributed by atoms with Crippen LogP contribution in [0.5, 0.6) is 5.75 Å².